The number of hydrogen-bond donors (Lipinski definition) is 1. The second-order valence-electron chi connectivity index (χ2n) is 2.30. The second kappa shape index (κ2) is 7.59. The predicted molar refractivity (Wildman–Crippen MR) is 55.2 cm³/mol. The first-order chi connectivity index (χ1) is 7.08. The fourth-order valence-electron chi connectivity index (χ4n) is 0.683. The van der Waals surface area contributed by atoms with Gasteiger partial charge in [-0.15, -0.1) is 0 Å². The Balaban J connectivity index is 4.01. The van der Waals surface area contributed by atoms with E-state index in [1.807, 2.05) is 0 Å². The maximum absolute atomic E-state index is 11.6. The minimum Gasteiger partial charge on any atom is -0.329 e. The third-order valence-electron chi connectivity index (χ3n) is 1.23. The average Bonchev–Trinajstić information content (AvgIpc) is 2.18. The van der Waals surface area contributed by atoms with Gasteiger partial charge in [-0.25, -0.2) is 4.57 Å². The monoisotopic (exact) mass is 237 g/mol. The van der Waals surface area contributed by atoms with Crippen molar-refractivity contribution in [2.24, 2.45) is 0 Å². The van der Waals surface area contributed by atoms with Crippen LogP contribution in [0.5, 0.6) is 0 Å². The highest BCUT2D eigenvalue weighted by Crippen LogP contribution is 2.48. The standard InChI is InChI=1S/C8H16NO5P/c1-4-8(10)9-7-14-15(11,12-5-2)13-6-3/h4H,1,5-7H2,2-3H3,(H,9,10). The van der Waals surface area contributed by atoms with Crippen molar-refractivity contribution in [2.45, 2.75) is 13.8 Å². The summed E-state index contributed by atoms with van der Waals surface area (Å²) in [6, 6.07) is 0. The van der Waals surface area contributed by atoms with Crippen molar-refractivity contribution < 1.29 is 22.9 Å². The smallest absolute Gasteiger partial charge is 0.329 e. The van der Waals surface area contributed by atoms with Gasteiger partial charge < -0.3 is 5.32 Å². The van der Waals surface area contributed by atoms with Gasteiger partial charge in [-0.1, -0.05) is 6.58 Å². The van der Waals surface area contributed by atoms with E-state index in [-0.39, 0.29) is 19.9 Å². The van der Waals surface area contributed by atoms with Gasteiger partial charge in [0, 0.05) is 0 Å². The van der Waals surface area contributed by atoms with Crippen molar-refractivity contribution in [3.05, 3.63) is 12.7 Å². The first-order valence-corrected chi connectivity index (χ1v) is 5.98. The fourth-order valence-corrected chi connectivity index (χ4v) is 1.76. The second-order valence-corrected chi connectivity index (χ2v) is 3.97. The number of hydrogen-bond acceptors (Lipinski definition) is 5. The van der Waals surface area contributed by atoms with Crippen LogP contribution in [0, 0.1) is 0 Å². The molecule has 0 atom stereocenters. The maximum atomic E-state index is 11.6. The van der Waals surface area contributed by atoms with E-state index in [4.69, 9.17) is 13.6 Å². The maximum Gasteiger partial charge on any atom is 0.476 e. The summed E-state index contributed by atoms with van der Waals surface area (Å²) in [4.78, 5) is 10.7. The van der Waals surface area contributed by atoms with Gasteiger partial charge in [0.1, 0.15) is 6.73 Å². The highest BCUT2D eigenvalue weighted by Gasteiger charge is 2.25. The van der Waals surface area contributed by atoms with Crippen LogP contribution in [0.2, 0.25) is 0 Å². The van der Waals surface area contributed by atoms with Crippen LogP contribution in [-0.4, -0.2) is 25.9 Å². The van der Waals surface area contributed by atoms with Gasteiger partial charge >= 0.3 is 7.82 Å². The molecule has 1 N–H and O–H groups in total. The zero-order valence-electron chi connectivity index (χ0n) is 8.89. The van der Waals surface area contributed by atoms with Gasteiger partial charge in [-0.2, -0.15) is 0 Å². The van der Waals surface area contributed by atoms with Gasteiger partial charge in [0.05, 0.1) is 13.2 Å². The average molecular weight is 237 g/mol. The highest BCUT2D eigenvalue weighted by atomic mass is 31.2. The molecule has 0 rings (SSSR count). The molecule has 0 aliphatic heterocycles. The minimum atomic E-state index is -3.54. The molecule has 15 heavy (non-hydrogen) atoms. The number of carbonyl (C=O) groups excluding carboxylic acids is 1. The Morgan fingerprint density at radius 1 is 1.33 bits per heavy atom. The van der Waals surface area contributed by atoms with E-state index < -0.39 is 13.7 Å². The molecule has 0 bridgehead atoms. The molecule has 0 aromatic carbocycles. The number of carbonyl (C=O) groups is 1. The van der Waals surface area contributed by atoms with Crippen LogP contribution in [0.15, 0.2) is 12.7 Å². The van der Waals surface area contributed by atoms with Crippen LogP contribution in [-0.2, 0) is 22.9 Å². The molecule has 0 aliphatic carbocycles. The van der Waals surface area contributed by atoms with Crippen LogP contribution in [0.1, 0.15) is 13.8 Å². The summed E-state index contributed by atoms with van der Waals surface area (Å²) in [6.45, 7) is 6.73. The lowest BCUT2D eigenvalue weighted by Gasteiger charge is -2.16. The molecule has 7 heteroatoms. The molecule has 0 saturated carbocycles. The number of rotatable bonds is 8. The molecule has 0 aromatic heterocycles. The molecular weight excluding hydrogens is 221 g/mol. The molecule has 0 fully saturated rings. The number of nitrogens with one attached hydrogen (secondary N) is 1. The van der Waals surface area contributed by atoms with Crippen molar-refractivity contribution in [1.82, 2.24) is 5.32 Å². The lowest BCUT2D eigenvalue weighted by molar-refractivity contribution is -0.117. The van der Waals surface area contributed by atoms with Gasteiger partial charge in [0.2, 0.25) is 5.91 Å². The fraction of sp³-hybridized carbons (Fsp3) is 0.625. The molecule has 6 nitrogen and oxygen atoms in total. The summed E-state index contributed by atoms with van der Waals surface area (Å²) in [5.41, 5.74) is 0. The molecule has 0 heterocycles. The summed E-state index contributed by atoms with van der Waals surface area (Å²) in [5, 5.41) is 2.29. The largest absolute Gasteiger partial charge is 0.476 e. The van der Waals surface area contributed by atoms with E-state index in [1.165, 1.54) is 0 Å². The lowest BCUT2D eigenvalue weighted by Crippen LogP contribution is -2.23. The van der Waals surface area contributed by atoms with E-state index in [9.17, 15) is 9.36 Å². The Labute approximate surface area is 89.2 Å². The lowest BCUT2D eigenvalue weighted by atomic mass is 10.6. The highest BCUT2D eigenvalue weighted by molar-refractivity contribution is 7.48. The summed E-state index contributed by atoms with van der Waals surface area (Å²) in [5.74, 6) is -0.422. The third-order valence-corrected chi connectivity index (χ3v) is 2.82. The van der Waals surface area contributed by atoms with E-state index in [0.29, 0.717) is 0 Å². The van der Waals surface area contributed by atoms with Crippen LogP contribution in [0.4, 0.5) is 0 Å². The van der Waals surface area contributed by atoms with Gasteiger partial charge in [0.25, 0.3) is 0 Å². The van der Waals surface area contributed by atoms with Crippen LogP contribution in [0.3, 0.4) is 0 Å². The molecule has 1 amide bonds. The third kappa shape index (κ3) is 6.41. The normalized spacial score (nSPS) is 11.1. The number of phosphoric ester groups is 1. The molecule has 0 aromatic rings. The quantitative estimate of drug-likeness (QED) is 0.393. The Hall–Kier alpha value is -0.680. The van der Waals surface area contributed by atoms with E-state index in [1.54, 1.807) is 13.8 Å². The Kier molecular flexibility index (Phi) is 7.25. The molecule has 0 radical (unpaired) electrons. The minimum absolute atomic E-state index is 0.201. The Bertz CT molecular complexity index is 245. The van der Waals surface area contributed by atoms with Crippen molar-refractivity contribution in [3.8, 4) is 0 Å². The summed E-state index contributed by atoms with van der Waals surface area (Å²) >= 11 is 0. The Morgan fingerprint density at radius 3 is 2.27 bits per heavy atom. The number of phosphoric acid groups is 1. The molecule has 0 aliphatic rings. The molecule has 0 saturated heterocycles. The molecular formula is C8H16NO5P. The van der Waals surface area contributed by atoms with Crippen molar-refractivity contribution in [2.75, 3.05) is 19.9 Å². The van der Waals surface area contributed by atoms with Gasteiger partial charge in [0.15, 0.2) is 0 Å². The van der Waals surface area contributed by atoms with E-state index >= 15 is 0 Å². The predicted octanol–water partition coefficient (Wildman–Crippen LogP) is 1.44. The van der Waals surface area contributed by atoms with Gasteiger partial charge in [-0.05, 0) is 19.9 Å². The molecule has 0 spiro atoms. The van der Waals surface area contributed by atoms with E-state index in [2.05, 4.69) is 11.9 Å². The van der Waals surface area contributed by atoms with Crippen molar-refractivity contribution >= 4 is 13.7 Å². The molecule has 0 unspecified atom stereocenters. The van der Waals surface area contributed by atoms with Crippen LogP contribution >= 0.6 is 7.82 Å². The summed E-state index contributed by atoms with van der Waals surface area (Å²) in [7, 11) is -3.54. The van der Waals surface area contributed by atoms with Crippen molar-refractivity contribution in [1.29, 1.82) is 0 Å². The van der Waals surface area contributed by atoms with Crippen LogP contribution < -0.4 is 5.32 Å². The first kappa shape index (κ1) is 14.3. The first-order valence-electron chi connectivity index (χ1n) is 4.52. The van der Waals surface area contributed by atoms with E-state index in [0.717, 1.165) is 6.08 Å². The zero-order valence-corrected chi connectivity index (χ0v) is 9.79. The summed E-state index contributed by atoms with van der Waals surface area (Å²) in [6.07, 6.45) is 1.08. The Morgan fingerprint density at radius 2 is 1.87 bits per heavy atom. The zero-order chi connectivity index (χ0) is 11.7. The number of amides is 1. The van der Waals surface area contributed by atoms with Crippen LogP contribution in [0.25, 0.3) is 0 Å². The van der Waals surface area contributed by atoms with Gasteiger partial charge in [-0.3, -0.25) is 18.4 Å². The summed E-state index contributed by atoms with van der Waals surface area (Å²) < 4.78 is 26.1. The SMILES string of the molecule is C=CC(=O)NCOP(=O)(OCC)OCC. The molecule has 88 valence electrons. The van der Waals surface area contributed by atoms with Crippen molar-refractivity contribution in [3.63, 3.8) is 0 Å². The topological polar surface area (TPSA) is 73.9 Å².